The molecule has 3 rings (SSSR count). The highest BCUT2D eigenvalue weighted by atomic mass is 16.7. The highest BCUT2D eigenvalue weighted by Gasteiger charge is 2.13. The number of hydrogen-bond donors (Lipinski definition) is 2. The number of nitrogens with one attached hydrogen (secondary N) is 2. The molecule has 0 atom stereocenters. The molecule has 7 heteroatoms. The van der Waals surface area contributed by atoms with Crippen LogP contribution in [-0.4, -0.2) is 29.1 Å². The number of urea groups is 1. The van der Waals surface area contributed by atoms with Gasteiger partial charge in [-0.3, -0.25) is 4.68 Å². The monoisotopic (exact) mass is 302 g/mol. The molecule has 1 aromatic carbocycles. The Bertz CT molecular complexity index is 628. The number of aryl methyl sites for hydroxylation is 1. The van der Waals surface area contributed by atoms with Crippen molar-refractivity contribution in [3.8, 4) is 11.5 Å². The molecular formula is C15H18N4O3. The first-order valence-electron chi connectivity index (χ1n) is 7.19. The van der Waals surface area contributed by atoms with Crippen molar-refractivity contribution in [3.63, 3.8) is 0 Å². The summed E-state index contributed by atoms with van der Waals surface area (Å²) in [5.74, 6) is 1.46. The van der Waals surface area contributed by atoms with Crippen LogP contribution < -0.4 is 20.1 Å². The number of benzene rings is 1. The molecule has 0 unspecified atom stereocenters. The third-order valence-electron chi connectivity index (χ3n) is 3.30. The average Bonchev–Trinajstić information content (AvgIpc) is 3.20. The number of rotatable bonds is 6. The number of nitrogens with zero attached hydrogens (tertiary/aromatic N) is 2. The minimum atomic E-state index is -0.182. The summed E-state index contributed by atoms with van der Waals surface area (Å²) >= 11 is 0. The summed E-state index contributed by atoms with van der Waals surface area (Å²) in [7, 11) is 0. The highest BCUT2D eigenvalue weighted by molar-refractivity contribution is 5.73. The molecule has 2 amide bonds. The van der Waals surface area contributed by atoms with Gasteiger partial charge in [-0.05, 0) is 30.2 Å². The fourth-order valence-corrected chi connectivity index (χ4v) is 2.17. The van der Waals surface area contributed by atoms with E-state index in [0.29, 0.717) is 13.1 Å². The molecule has 116 valence electrons. The maximum Gasteiger partial charge on any atom is 0.315 e. The predicted molar refractivity (Wildman–Crippen MR) is 79.6 cm³/mol. The van der Waals surface area contributed by atoms with Gasteiger partial charge in [-0.2, -0.15) is 5.10 Å². The number of carbonyl (C=O) groups is 1. The van der Waals surface area contributed by atoms with E-state index in [9.17, 15) is 4.79 Å². The number of ether oxygens (including phenoxy) is 2. The minimum absolute atomic E-state index is 0.182. The number of carbonyl (C=O) groups excluding carboxylic acids is 1. The van der Waals surface area contributed by atoms with Crippen molar-refractivity contribution in [2.45, 2.75) is 19.5 Å². The molecule has 7 nitrogen and oxygen atoms in total. The summed E-state index contributed by atoms with van der Waals surface area (Å²) in [4.78, 5) is 11.7. The molecule has 0 saturated heterocycles. The van der Waals surface area contributed by atoms with Gasteiger partial charge in [0, 0.05) is 32.0 Å². The van der Waals surface area contributed by atoms with Gasteiger partial charge >= 0.3 is 6.03 Å². The molecule has 1 aromatic heterocycles. The van der Waals surface area contributed by atoms with Gasteiger partial charge in [-0.15, -0.1) is 0 Å². The Labute approximate surface area is 128 Å². The van der Waals surface area contributed by atoms with Crippen molar-refractivity contribution in [2.75, 3.05) is 13.3 Å². The first kappa shape index (κ1) is 14.2. The van der Waals surface area contributed by atoms with Crippen molar-refractivity contribution >= 4 is 6.03 Å². The lowest BCUT2D eigenvalue weighted by atomic mass is 10.2. The van der Waals surface area contributed by atoms with Crippen LogP contribution in [0.25, 0.3) is 0 Å². The van der Waals surface area contributed by atoms with Gasteiger partial charge < -0.3 is 20.1 Å². The Morgan fingerprint density at radius 3 is 3.05 bits per heavy atom. The topological polar surface area (TPSA) is 77.4 Å². The van der Waals surface area contributed by atoms with Gasteiger partial charge in [0.1, 0.15) is 0 Å². The van der Waals surface area contributed by atoms with Gasteiger partial charge in [0.15, 0.2) is 11.5 Å². The fourth-order valence-electron chi connectivity index (χ4n) is 2.17. The van der Waals surface area contributed by atoms with E-state index in [0.717, 1.165) is 30.0 Å². The van der Waals surface area contributed by atoms with Crippen LogP contribution in [0.15, 0.2) is 36.7 Å². The van der Waals surface area contributed by atoms with Gasteiger partial charge in [0.05, 0.1) is 0 Å². The molecule has 2 heterocycles. The van der Waals surface area contributed by atoms with Crippen LogP contribution in [0.3, 0.4) is 0 Å². The lowest BCUT2D eigenvalue weighted by Gasteiger charge is -2.08. The molecule has 22 heavy (non-hydrogen) atoms. The van der Waals surface area contributed by atoms with Crippen LogP contribution in [0.2, 0.25) is 0 Å². The molecule has 0 aliphatic carbocycles. The molecular weight excluding hydrogens is 284 g/mol. The first-order chi connectivity index (χ1) is 10.8. The van der Waals surface area contributed by atoms with Crippen LogP contribution in [0.1, 0.15) is 12.0 Å². The number of aromatic nitrogens is 2. The smallest absolute Gasteiger partial charge is 0.315 e. The van der Waals surface area contributed by atoms with E-state index in [1.54, 1.807) is 6.20 Å². The van der Waals surface area contributed by atoms with Gasteiger partial charge in [0.25, 0.3) is 0 Å². The maximum atomic E-state index is 11.7. The standard InChI is InChI=1S/C15H18N4O3/c20-15(16-5-1-7-19-8-2-6-18-19)17-10-12-3-4-13-14(9-12)22-11-21-13/h2-4,6,8-9H,1,5,7,10-11H2,(H2,16,17,20). The van der Waals surface area contributed by atoms with E-state index >= 15 is 0 Å². The first-order valence-corrected chi connectivity index (χ1v) is 7.19. The van der Waals surface area contributed by atoms with Crippen molar-refractivity contribution in [2.24, 2.45) is 0 Å². The highest BCUT2D eigenvalue weighted by Crippen LogP contribution is 2.32. The molecule has 0 fully saturated rings. The number of fused-ring (bicyclic) bond motifs is 1. The second kappa shape index (κ2) is 6.84. The summed E-state index contributed by atoms with van der Waals surface area (Å²) in [5, 5.41) is 9.74. The number of hydrogen-bond acceptors (Lipinski definition) is 4. The van der Waals surface area contributed by atoms with E-state index in [1.165, 1.54) is 0 Å². The quantitative estimate of drug-likeness (QED) is 0.793. The molecule has 0 spiro atoms. The SMILES string of the molecule is O=C(NCCCn1cccn1)NCc1ccc2c(c1)OCO2. The second-order valence-electron chi connectivity index (χ2n) is 4.92. The van der Waals surface area contributed by atoms with E-state index in [1.807, 2.05) is 35.1 Å². The molecule has 1 aliphatic rings. The Morgan fingerprint density at radius 1 is 1.27 bits per heavy atom. The summed E-state index contributed by atoms with van der Waals surface area (Å²) in [6.07, 6.45) is 4.48. The van der Waals surface area contributed by atoms with Crippen LogP contribution >= 0.6 is 0 Å². The molecule has 0 radical (unpaired) electrons. The van der Waals surface area contributed by atoms with Crippen LogP contribution in [0, 0.1) is 0 Å². The molecule has 0 bridgehead atoms. The van der Waals surface area contributed by atoms with Crippen LogP contribution in [0.5, 0.6) is 11.5 Å². The largest absolute Gasteiger partial charge is 0.454 e. The third kappa shape index (κ3) is 3.69. The molecule has 1 aliphatic heterocycles. The van der Waals surface area contributed by atoms with E-state index in [-0.39, 0.29) is 12.8 Å². The van der Waals surface area contributed by atoms with E-state index in [2.05, 4.69) is 15.7 Å². The zero-order valence-electron chi connectivity index (χ0n) is 12.1. The third-order valence-corrected chi connectivity index (χ3v) is 3.30. The van der Waals surface area contributed by atoms with Crippen LogP contribution in [0.4, 0.5) is 4.79 Å². The fraction of sp³-hybridized carbons (Fsp3) is 0.333. The predicted octanol–water partition coefficient (Wildman–Crippen LogP) is 1.50. The summed E-state index contributed by atoms with van der Waals surface area (Å²) in [5.41, 5.74) is 0.968. The summed E-state index contributed by atoms with van der Waals surface area (Å²) < 4.78 is 12.4. The zero-order valence-corrected chi connectivity index (χ0v) is 12.1. The van der Waals surface area contributed by atoms with Crippen molar-refractivity contribution < 1.29 is 14.3 Å². The van der Waals surface area contributed by atoms with E-state index in [4.69, 9.17) is 9.47 Å². The lowest BCUT2D eigenvalue weighted by Crippen LogP contribution is -2.35. The van der Waals surface area contributed by atoms with Gasteiger partial charge in [-0.1, -0.05) is 6.07 Å². The summed E-state index contributed by atoms with van der Waals surface area (Å²) in [6, 6.07) is 7.33. The second-order valence-corrected chi connectivity index (χ2v) is 4.92. The van der Waals surface area contributed by atoms with Crippen molar-refractivity contribution in [1.29, 1.82) is 0 Å². The lowest BCUT2D eigenvalue weighted by molar-refractivity contribution is 0.174. The minimum Gasteiger partial charge on any atom is -0.454 e. The normalized spacial score (nSPS) is 12.2. The van der Waals surface area contributed by atoms with Crippen molar-refractivity contribution in [1.82, 2.24) is 20.4 Å². The Hall–Kier alpha value is -2.70. The number of amides is 2. The Morgan fingerprint density at radius 2 is 2.18 bits per heavy atom. The van der Waals surface area contributed by atoms with Gasteiger partial charge in [-0.25, -0.2) is 4.79 Å². The van der Waals surface area contributed by atoms with E-state index < -0.39 is 0 Å². The Kier molecular flexibility index (Phi) is 4.43. The average molecular weight is 302 g/mol. The molecule has 2 aromatic rings. The van der Waals surface area contributed by atoms with Crippen LogP contribution in [-0.2, 0) is 13.1 Å². The Balaban J connectivity index is 1.35. The van der Waals surface area contributed by atoms with Crippen molar-refractivity contribution in [3.05, 3.63) is 42.2 Å². The zero-order chi connectivity index (χ0) is 15.2. The summed E-state index contributed by atoms with van der Waals surface area (Å²) in [6.45, 7) is 2.09. The maximum absolute atomic E-state index is 11.7. The van der Waals surface area contributed by atoms with Gasteiger partial charge in [0.2, 0.25) is 6.79 Å². The molecule has 0 saturated carbocycles. The molecule has 2 N–H and O–H groups in total.